The van der Waals surface area contributed by atoms with Crippen molar-refractivity contribution in [3.8, 4) is 0 Å². The largest absolute Gasteiger partial charge is 0.416 e. The van der Waals surface area contributed by atoms with Gasteiger partial charge in [-0.15, -0.1) is 6.58 Å². The van der Waals surface area contributed by atoms with E-state index in [2.05, 4.69) is 11.5 Å². The number of piperidine rings is 1. The molecule has 0 aromatic heterocycles. The zero-order chi connectivity index (χ0) is 24.9. The van der Waals surface area contributed by atoms with Gasteiger partial charge in [-0.25, -0.2) is 4.39 Å². The molecule has 0 aliphatic carbocycles. The van der Waals surface area contributed by atoms with Gasteiger partial charge < -0.3 is 4.90 Å². The van der Waals surface area contributed by atoms with Crippen LogP contribution in [0, 0.1) is 5.82 Å². The number of likely N-dealkylation sites (tertiary alicyclic amines) is 1. The summed E-state index contributed by atoms with van der Waals surface area (Å²) >= 11 is 0. The maximum atomic E-state index is 14.1. The van der Waals surface area contributed by atoms with Crippen molar-refractivity contribution < 1.29 is 35.5 Å². The molecule has 1 saturated heterocycles. The van der Waals surface area contributed by atoms with Gasteiger partial charge in [-0.3, -0.25) is 9.69 Å². The quantitative estimate of drug-likeness (QED) is 0.390. The molecule has 0 atom stereocenters. The van der Waals surface area contributed by atoms with Crippen LogP contribution in [-0.4, -0.2) is 37.0 Å². The Balaban J connectivity index is 1.75. The van der Waals surface area contributed by atoms with Crippen LogP contribution in [0.5, 0.6) is 0 Å². The van der Waals surface area contributed by atoms with E-state index in [0.717, 1.165) is 6.07 Å². The lowest BCUT2D eigenvalue weighted by molar-refractivity contribution is -0.143. The predicted molar refractivity (Wildman–Crippen MR) is 112 cm³/mol. The number of fused-ring (bicyclic) bond motifs is 2. The fourth-order valence-corrected chi connectivity index (χ4v) is 4.83. The molecule has 4 rings (SSSR count). The average molecular weight is 486 g/mol. The summed E-state index contributed by atoms with van der Waals surface area (Å²) in [7, 11) is 0. The van der Waals surface area contributed by atoms with Gasteiger partial charge in [0.2, 0.25) is 0 Å². The number of carbonyl (C=O) groups is 1. The lowest BCUT2D eigenvalue weighted by atomic mass is 9.74. The molecule has 0 radical (unpaired) electrons. The second kappa shape index (κ2) is 8.41. The van der Waals surface area contributed by atoms with Gasteiger partial charge in [0.1, 0.15) is 5.82 Å². The van der Waals surface area contributed by atoms with Gasteiger partial charge in [0, 0.05) is 29.8 Å². The van der Waals surface area contributed by atoms with Crippen molar-refractivity contribution in [2.75, 3.05) is 31.1 Å². The molecule has 2 aromatic rings. The molecule has 182 valence electrons. The summed E-state index contributed by atoms with van der Waals surface area (Å²) in [5.74, 6) is -1.52. The highest BCUT2D eigenvalue weighted by Crippen LogP contribution is 2.48. The van der Waals surface area contributed by atoms with Crippen molar-refractivity contribution in [1.29, 1.82) is 0 Å². The molecule has 3 nitrogen and oxygen atoms in total. The van der Waals surface area contributed by atoms with Gasteiger partial charge in [-0.05, 0) is 67.9 Å². The molecule has 2 aliphatic heterocycles. The minimum absolute atomic E-state index is 0.0130. The van der Waals surface area contributed by atoms with Gasteiger partial charge >= 0.3 is 12.4 Å². The molecule has 1 spiro atoms. The van der Waals surface area contributed by atoms with Crippen LogP contribution in [0.15, 0.2) is 49.1 Å². The predicted octanol–water partition coefficient (Wildman–Crippen LogP) is 6.04. The lowest BCUT2D eigenvalue weighted by Crippen LogP contribution is -2.46. The summed E-state index contributed by atoms with van der Waals surface area (Å²) in [4.78, 5) is 16.6. The molecule has 2 heterocycles. The Morgan fingerprint density at radius 1 is 0.971 bits per heavy atom. The van der Waals surface area contributed by atoms with E-state index in [-0.39, 0.29) is 12.6 Å². The summed E-state index contributed by atoms with van der Waals surface area (Å²) in [6.45, 7) is 5.66. The second-order valence-electron chi connectivity index (χ2n) is 8.72. The summed E-state index contributed by atoms with van der Waals surface area (Å²) in [5.41, 5.74) is -3.64. The number of halogens is 7. The number of nitrogens with zero attached hydrogens (tertiary/aromatic N) is 2. The number of alkyl halides is 6. The zero-order valence-corrected chi connectivity index (χ0v) is 17.9. The fourth-order valence-electron chi connectivity index (χ4n) is 4.83. The van der Waals surface area contributed by atoms with Crippen LogP contribution < -0.4 is 4.90 Å². The van der Waals surface area contributed by atoms with Crippen LogP contribution in [0.4, 0.5) is 36.4 Å². The van der Waals surface area contributed by atoms with E-state index >= 15 is 0 Å². The highest BCUT2D eigenvalue weighted by Gasteiger charge is 2.47. The Hall–Kier alpha value is -2.88. The number of hydrogen-bond donors (Lipinski definition) is 0. The van der Waals surface area contributed by atoms with E-state index in [9.17, 15) is 35.5 Å². The average Bonchev–Trinajstić information content (AvgIpc) is 3.07. The van der Waals surface area contributed by atoms with E-state index in [1.54, 1.807) is 6.08 Å². The van der Waals surface area contributed by atoms with E-state index in [1.165, 1.54) is 17.0 Å². The zero-order valence-electron chi connectivity index (χ0n) is 17.9. The Bertz CT molecular complexity index is 1080. The van der Waals surface area contributed by atoms with Gasteiger partial charge in [-0.2, -0.15) is 26.3 Å². The molecule has 10 heteroatoms. The lowest BCUT2D eigenvalue weighted by Gasteiger charge is -2.39. The number of amides is 1. The summed E-state index contributed by atoms with van der Waals surface area (Å²) in [5, 5.41) is 0. The molecular formula is C24H21F7N2O. The fraction of sp³-hybridized carbons (Fsp3) is 0.375. The topological polar surface area (TPSA) is 23.6 Å². The van der Waals surface area contributed by atoms with Crippen LogP contribution in [0.3, 0.4) is 0 Å². The van der Waals surface area contributed by atoms with Crippen LogP contribution in [0.1, 0.15) is 39.9 Å². The first-order chi connectivity index (χ1) is 15.8. The Morgan fingerprint density at radius 2 is 1.56 bits per heavy atom. The summed E-state index contributed by atoms with van der Waals surface area (Å²) < 4.78 is 93.9. The molecule has 34 heavy (non-hydrogen) atoms. The molecule has 1 amide bonds. The Morgan fingerprint density at radius 3 is 2.09 bits per heavy atom. The molecule has 0 saturated carbocycles. The first kappa shape index (κ1) is 24.3. The molecule has 0 N–H and O–H groups in total. The van der Waals surface area contributed by atoms with E-state index in [4.69, 9.17) is 0 Å². The van der Waals surface area contributed by atoms with Crippen molar-refractivity contribution in [2.24, 2.45) is 0 Å². The normalized spacial score (nSPS) is 18.3. The second-order valence-corrected chi connectivity index (χ2v) is 8.72. The standard InChI is InChI=1S/C24H21F7N2O/c1-2-7-32-8-5-22(6-9-32)14-33(20-4-3-18(25)13-19(20)22)21(34)15-10-16(23(26,27)28)12-17(11-15)24(29,30)31/h2-4,10-13H,1,5-9,14H2. The third-order valence-corrected chi connectivity index (χ3v) is 6.56. The highest BCUT2D eigenvalue weighted by molar-refractivity contribution is 6.08. The van der Waals surface area contributed by atoms with Gasteiger partial charge in [0.25, 0.3) is 5.91 Å². The third-order valence-electron chi connectivity index (χ3n) is 6.56. The van der Waals surface area contributed by atoms with Crippen molar-refractivity contribution >= 4 is 11.6 Å². The number of rotatable bonds is 3. The maximum Gasteiger partial charge on any atom is 0.416 e. The number of hydrogen-bond acceptors (Lipinski definition) is 2. The number of benzene rings is 2. The summed E-state index contributed by atoms with van der Waals surface area (Å²) in [6, 6.07) is 4.63. The minimum atomic E-state index is -5.07. The van der Waals surface area contributed by atoms with Crippen LogP contribution in [0.25, 0.3) is 0 Å². The number of carbonyl (C=O) groups excluding carboxylic acids is 1. The van der Waals surface area contributed by atoms with Crippen molar-refractivity contribution in [2.45, 2.75) is 30.6 Å². The smallest absolute Gasteiger partial charge is 0.307 e. The van der Waals surface area contributed by atoms with Crippen LogP contribution in [0.2, 0.25) is 0 Å². The van der Waals surface area contributed by atoms with Crippen LogP contribution >= 0.6 is 0 Å². The van der Waals surface area contributed by atoms with Gasteiger partial charge in [0.05, 0.1) is 11.1 Å². The molecule has 1 fully saturated rings. The summed E-state index contributed by atoms with van der Waals surface area (Å²) in [6.07, 6.45) is -7.28. The monoisotopic (exact) mass is 486 g/mol. The van der Waals surface area contributed by atoms with E-state index in [1.807, 2.05) is 0 Å². The van der Waals surface area contributed by atoms with Crippen molar-refractivity contribution in [3.05, 3.63) is 77.1 Å². The maximum absolute atomic E-state index is 14.1. The Labute approximate surface area is 191 Å². The first-order valence-electron chi connectivity index (χ1n) is 10.6. The molecule has 2 aliphatic rings. The van der Waals surface area contributed by atoms with Crippen molar-refractivity contribution in [3.63, 3.8) is 0 Å². The molecule has 0 bridgehead atoms. The van der Waals surface area contributed by atoms with Crippen molar-refractivity contribution in [1.82, 2.24) is 4.90 Å². The van der Waals surface area contributed by atoms with E-state index < -0.39 is 46.2 Å². The SMILES string of the molecule is C=CCN1CCC2(CC1)CN(C(=O)c1cc(C(F)(F)F)cc(C(F)(F)F)c1)c1ccc(F)cc12. The Kier molecular flexibility index (Phi) is 6.00. The number of anilines is 1. The molecular weight excluding hydrogens is 465 g/mol. The third kappa shape index (κ3) is 4.43. The molecule has 2 aromatic carbocycles. The first-order valence-corrected chi connectivity index (χ1v) is 10.6. The highest BCUT2D eigenvalue weighted by atomic mass is 19.4. The van der Waals surface area contributed by atoms with E-state index in [0.29, 0.717) is 55.9 Å². The van der Waals surface area contributed by atoms with Gasteiger partial charge in [-0.1, -0.05) is 6.08 Å². The molecule has 0 unspecified atom stereocenters. The van der Waals surface area contributed by atoms with Gasteiger partial charge in [0.15, 0.2) is 0 Å². The minimum Gasteiger partial charge on any atom is -0.307 e. The van der Waals surface area contributed by atoms with Crippen LogP contribution in [-0.2, 0) is 17.8 Å².